The van der Waals surface area contributed by atoms with E-state index in [4.69, 9.17) is 11.6 Å². The minimum Gasteiger partial charge on any atom is -0.328 e. The number of benzene rings is 1. The molecule has 0 amide bonds. The van der Waals surface area contributed by atoms with Gasteiger partial charge < -0.3 is 4.57 Å². The molecule has 1 aromatic heterocycles. The number of halogens is 2. The first kappa shape index (κ1) is 15.3. The van der Waals surface area contributed by atoms with Gasteiger partial charge in [-0.3, -0.25) is 0 Å². The van der Waals surface area contributed by atoms with E-state index in [9.17, 15) is 4.39 Å². The molecule has 1 aromatic carbocycles. The van der Waals surface area contributed by atoms with E-state index in [-0.39, 0.29) is 5.82 Å². The predicted octanol–water partition coefficient (Wildman–Crippen LogP) is 4.78. The summed E-state index contributed by atoms with van der Waals surface area (Å²) in [6, 6.07) is 4.78. The van der Waals surface area contributed by atoms with Crippen molar-refractivity contribution < 1.29 is 4.39 Å². The normalized spacial score (nSPS) is 11.7. The van der Waals surface area contributed by atoms with Gasteiger partial charge in [0.15, 0.2) is 0 Å². The van der Waals surface area contributed by atoms with Crippen LogP contribution in [0.25, 0.3) is 11.0 Å². The number of hydrogen-bond acceptors (Lipinski definition) is 1. The third kappa shape index (κ3) is 3.72. The van der Waals surface area contributed by atoms with Crippen LogP contribution in [0.15, 0.2) is 18.2 Å². The molecule has 20 heavy (non-hydrogen) atoms. The smallest absolute Gasteiger partial charge is 0.125 e. The minimum atomic E-state index is -0.210. The molecule has 0 N–H and O–H groups in total. The summed E-state index contributed by atoms with van der Waals surface area (Å²) in [5, 5.41) is 0. The van der Waals surface area contributed by atoms with Crippen molar-refractivity contribution in [3.8, 4) is 0 Å². The van der Waals surface area contributed by atoms with Gasteiger partial charge in [-0.05, 0) is 30.5 Å². The van der Waals surface area contributed by atoms with Crippen LogP contribution in [-0.4, -0.2) is 15.4 Å². The molecule has 0 spiro atoms. The van der Waals surface area contributed by atoms with Crippen molar-refractivity contribution in [2.75, 3.05) is 5.88 Å². The van der Waals surface area contributed by atoms with Crippen LogP contribution in [0.4, 0.5) is 4.39 Å². The molecule has 1 heterocycles. The highest BCUT2D eigenvalue weighted by Gasteiger charge is 2.11. The van der Waals surface area contributed by atoms with E-state index >= 15 is 0 Å². The Morgan fingerprint density at radius 2 is 2.10 bits per heavy atom. The number of fused-ring (bicyclic) bond motifs is 1. The Labute approximate surface area is 125 Å². The van der Waals surface area contributed by atoms with Gasteiger partial charge in [-0.2, -0.15) is 0 Å². The lowest BCUT2D eigenvalue weighted by atomic mass is 10.1. The highest BCUT2D eigenvalue weighted by atomic mass is 35.5. The highest BCUT2D eigenvalue weighted by molar-refractivity contribution is 6.17. The number of aryl methyl sites for hydroxylation is 2. The Kier molecular flexibility index (Phi) is 5.41. The second kappa shape index (κ2) is 7.07. The van der Waals surface area contributed by atoms with Crippen LogP contribution < -0.4 is 0 Å². The molecule has 110 valence electrons. The van der Waals surface area contributed by atoms with Crippen LogP contribution in [0.3, 0.4) is 0 Å². The molecule has 0 aliphatic rings. The summed E-state index contributed by atoms with van der Waals surface area (Å²) in [5.41, 5.74) is 1.74. The molecule has 2 aromatic rings. The van der Waals surface area contributed by atoms with Gasteiger partial charge in [-0.15, -0.1) is 11.6 Å². The maximum Gasteiger partial charge on any atom is 0.125 e. The van der Waals surface area contributed by atoms with Gasteiger partial charge >= 0.3 is 0 Å². The van der Waals surface area contributed by atoms with Gasteiger partial charge in [0.25, 0.3) is 0 Å². The number of aromatic nitrogens is 2. The number of alkyl halides is 1. The summed E-state index contributed by atoms with van der Waals surface area (Å²) < 4.78 is 15.6. The Balaban J connectivity index is 2.19. The van der Waals surface area contributed by atoms with Gasteiger partial charge in [-0.25, -0.2) is 9.37 Å². The summed E-state index contributed by atoms with van der Waals surface area (Å²) >= 11 is 5.84. The first-order valence-corrected chi connectivity index (χ1v) is 7.86. The zero-order valence-electron chi connectivity index (χ0n) is 12.2. The largest absolute Gasteiger partial charge is 0.328 e. The Morgan fingerprint density at radius 3 is 2.80 bits per heavy atom. The summed E-state index contributed by atoms with van der Waals surface area (Å²) in [6.45, 7) is 5.36. The topological polar surface area (TPSA) is 17.8 Å². The van der Waals surface area contributed by atoms with E-state index in [0.29, 0.717) is 5.88 Å². The number of nitrogens with zero attached hydrogens (tertiary/aromatic N) is 2. The molecule has 0 radical (unpaired) electrons. The molecule has 4 heteroatoms. The SMILES string of the molecule is CC(C)CCCCn1c(CCCl)nc2ccc(F)cc21. The van der Waals surface area contributed by atoms with Crippen molar-refractivity contribution in [3.05, 3.63) is 29.8 Å². The van der Waals surface area contributed by atoms with Crippen molar-refractivity contribution >= 4 is 22.6 Å². The van der Waals surface area contributed by atoms with Crippen LogP contribution in [0, 0.1) is 11.7 Å². The third-order valence-corrected chi connectivity index (χ3v) is 3.71. The zero-order chi connectivity index (χ0) is 14.5. The standard InChI is InChI=1S/C16H22ClFN2/c1-12(2)5-3-4-10-20-15-11-13(18)6-7-14(15)19-16(20)8-9-17/h6-7,11-12H,3-5,8-10H2,1-2H3. The molecule has 0 bridgehead atoms. The molecule has 2 nitrogen and oxygen atoms in total. The Hall–Kier alpha value is -1.09. The monoisotopic (exact) mass is 296 g/mol. The molecule has 0 saturated heterocycles. The predicted molar refractivity (Wildman–Crippen MR) is 82.8 cm³/mol. The van der Waals surface area contributed by atoms with Gasteiger partial charge in [-0.1, -0.05) is 26.7 Å². The first-order valence-electron chi connectivity index (χ1n) is 7.32. The van der Waals surface area contributed by atoms with Crippen molar-refractivity contribution in [2.45, 2.75) is 46.1 Å². The van der Waals surface area contributed by atoms with Crippen LogP contribution in [-0.2, 0) is 13.0 Å². The molecule has 0 fully saturated rings. The summed E-state index contributed by atoms with van der Waals surface area (Å²) in [4.78, 5) is 4.57. The number of hydrogen-bond donors (Lipinski definition) is 0. The van der Waals surface area contributed by atoms with E-state index < -0.39 is 0 Å². The number of rotatable bonds is 7. The van der Waals surface area contributed by atoms with Crippen molar-refractivity contribution in [1.82, 2.24) is 9.55 Å². The first-order chi connectivity index (χ1) is 9.61. The number of imidazole rings is 1. The zero-order valence-corrected chi connectivity index (χ0v) is 13.0. The lowest BCUT2D eigenvalue weighted by Crippen LogP contribution is -2.05. The van der Waals surface area contributed by atoms with Crippen molar-refractivity contribution in [1.29, 1.82) is 0 Å². The second-order valence-corrected chi connectivity index (χ2v) is 6.02. The molecule has 0 atom stereocenters. The number of unbranched alkanes of at least 4 members (excludes halogenated alkanes) is 1. The Bertz CT molecular complexity index is 563. The molecule has 0 saturated carbocycles. The van der Waals surface area contributed by atoms with E-state index in [1.165, 1.54) is 18.9 Å². The van der Waals surface area contributed by atoms with Crippen molar-refractivity contribution in [2.24, 2.45) is 5.92 Å². The van der Waals surface area contributed by atoms with Gasteiger partial charge in [0.1, 0.15) is 11.6 Å². The fourth-order valence-electron chi connectivity index (χ4n) is 2.49. The average Bonchev–Trinajstić information content (AvgIpc) is 2.72. The molecule has 0 aliphatic heterocycles. The van der Waals surface area contributed by atoms with E-state index in [1.54, 1.807) is 12.1 Å². The molecule has 0 unspecified atom stereocenters. The lowest BCUT2D eigenvalue weighted by molar-refractivity contribution is 0.507. The van der Waals surface area contributed by atoms with Gasteiger partial charge in [0.2, 0.25) is 0 Å². The van der Waals surface area contributed by atoms with E-state index in [2.05, 4.69) is 23.4 Å². The lowest BCUT2D eigenvalue weighted by Gasteiger charge is -2.09. The molecule has 0 aliphatic carbocycles. The maximum absolute atomic E-state index is 13.4. The maximum atomic E-state index is 13.4. The van der Waals surface area contributed by atoms with Crippen LogP contribution in [0.5, 0.6) is 0 Å². The van der Waals surface area contributed by atoms with Crippen molar-refractivity contribution in [3.63, 3.8) is 0 Å². The summed E-state index contributed by atoms with van der Waals surface area (Å²) in [5.74, 6) is 2.02. The quantitative estimate of drug-likeness (QED) is 0.531. The second-order valence-electron chi connectivity index (χ2n) is 5.64. The van der Waals surface area contributed by atoms with Crippen LogP contribution in [0.1, 0.15) is 38.9 Å². The highest BCUT2D eigenvalue weighted by Crippen LogP contribution is 2.20. The molecular weight excluding hydrogens is 275 g/mol. The van der Waals surface area contributed by atoms with Crippen LogP contribution >= 0.6 is 11.6 Å². The molecule has 2 rings (SSSR count). The average molecular weight is 297 g/mol. The van der Waals surface area contributed by atoms with Crippen LogP contribution in [0.2, 0.25) is 0 Å². The van der Waals surface area contributed by atoms with E-state index in [0.717, 1.165) is 42.2 Å². The van der Waals surface area contributed by atoms with Gasteiger partial charge in [0, 0.05) is 18.8 Å². The minimum absolute atomic E-state index is 0.210. The van der Waals surface area contributed by atoms with E-state index in [1.807, 2.05) is 0 Å². The summed E-state index contributed by atoms with van der Waals surface area (Å²) in [7, 11) is 0. The fraction of sp³-hybridized carbons (Fsp3) is 0.562. The third-order valence-electron chi connectivity index (χ3n) is 3.52. The van der Waals surface area contributed by atoms with Gasteiger partial charge in [0.05, 0.1) is 11.0 Å². The fourth-order valence-corrected chi connectivity index (χ4v) is 2.66. The molecular formula is C16H22ClFN2. The Morgan fingerprint density at radius 1 is 1.30 bits per heavy atom. The summed E-state index contributed by atoms with van der Waals surface area (Å²) in [6.07, 6.45) is 4.23.